The van der Waals surface area contributed by atoms with Gasteiger partial charge in [0.1, 0.15) is 11.0 Å². The summed E-state index contributed by atoms with van der Waals surface area (Å²) >= 11 is 0. The third-order valence-corrected chi connectivity index (χ3v) is 4.73. The van der Waals surface area contributed by atoms with Gasteiger partial charge in [-0.25, -0.2) is 15.0 Å². The predicted octanol–water partition coefficient (Wildman–Crippen LogP) is 3.73. The maximum atomic E-state index is 4.76. The minimum atomic E-state index is 0.381. The average Bonchev–Trinajstić information content (AvgIpc) is 2.78. The lowest BCUT2D eigenvalue weighted by molar-refractivity contribution is 1.01. The van der Waals surface area contributed by atoms with E-state index in [0.29, 0.717) is 22.7 Å². The van der Waals surface area contributed by atoms with Crippen LogP contribution in [0, 0.1) is 0 Å². The molecule has 7 nitrogen and oxygen atoms in total. The number of nitrogens with zero attached hydrogens (tertiary/aromatic N) is 7. The van der Waals surface area contributed by atoms with E-state index in [0.717, 1.165) is 32.7 Å². The first-order chi connectivity index (χ1) is 13.9. The van der Waals surface area contributed by atoms with Gasteiger partial charge in [-0.05, 0) is 30.3 Å². The zero-order valence-corrected chi connectivity index (χ0v) is 14.5. The topological polar surface area (TPSA) is 90.2 Å². The minimum absolute atomic E-state index is 0.381. The number of para-hydroxylation sites is 1. The molecule has 0 atom stereocenters. The van der Waals surface area contributed by atoms with Gasteiger partial charge in [0.25, 0.3) is 0 Å². The van der Waals surface area contributed by atoms with Crippen molar-refractivity contribution in [2.75, 3.05) is 0 Å². The van der Waals surface area contributed by atoms with Crippen LogP contribution in [0.5, 0.6) is 0 Å². The molecule has 6 rings (SSSR count). The second-order valence-corrected chi connectivity index (χ2v) is 6.38. The monoisotopic (exact) mass is 361 g/mol. The van der Waals surface area contributed by atoms with Crippen LogP contribution in [-0.2, 0) is 0 Å². The van der Waals surface area contributed by atoms with Crippen LogP contribution in [0.3, 0.4) is 0 Å². The van der Waals surface area contributed by atoms with Crippen LogP contribution in [0.1, 0.15) is 0 Å². The van der Waals surface area contributed by atoms with Gasteiger partial charge in [-0.1, -0.05) is 18.2 Å². The molecule has 130 valence electrons. The molecule has 0 N–H and O–H groups in total. The smallest absolute Gasteiger partial charge is 0.220 e. The zero-order chi connectivity index (χ0) is 18.5. The van der Waals surface area contributed by atoms with Gasteiger partial charge in [-0.3, -0.25) is 9.97 Å². The van der Waals surface area contributed by atoms with Crippen LogP contribution in [0.15, 0.2) is 67.1 Å². The highest BCUT2D eigenvalue weighted by Crippen LogP contribution is 2.30. The fourth-order valence-electron chi connectivity index (χ4n) is 3.44. The highest BCUT2D eigenvalue weighted by Gasteiger charge is 2.15. The van der Waals surface area contributed by atoms with Crippen LogP contribution in [0.25, 0.3) is 55.4 Å². The zero-order valence-electron chi connectivity index (χ0n) is 14.5. The van der Waals surface area contributed by atoms with Gasteiger partial charge in [0.15, 0.2) is 5.82 Å². The minimum Gasteiger partial charge on any atom is -0.254 e. The molecule has 0 aliphatic carbocycles. The summed E-state index contributed by atoms with van der Waals surface area (Å²) in [5.74, 6) is 0.822. The van der Waals surface area contributed by atoms with Gasteiger partial charge in [0.05, 0.1) is 16.6 Å². The van der Waals surface area contributed by atoms with Gasteiger partial charge in [0, 0.05) is 34.7 Å². The van der Waals surface area contributed by atoms with Crippen molar-refractivity contribution in [3.63, 3.8) is 0 Å². The SMILES string of the molecule is c1ccc2nc(-c3nnc4c5cccnc5c5ncccc5c4n3)ncc2c1. The summed E-state index contributed by atoms with van der Waals surface area (Å²) < 4.78 is 0. The summed E-state index contributed by atoms with van der Waals surface area (Å²) in [6, 6.07) is 15.5. The Kier molecular flexibility index (Phi) is 3.04. The third kappa shape index (κ3) is 2.13. The molecule has 0 aliphatic rings. The number of rotatable bonds is 1. The first kappa shape index (κ1) is 15.0. The van der Waals surface area contributed by atoms with Crippen LogP contribution < -0.4 is 0 Å². The molecular formula is C21H11N7. The Morgan fingerprint density at radius 3 is 2.11 bits per heavy atom. The number of aromatic nitrogens is 7. The maximum Gasteiger partial charge on any atom is 0.220 e. The molecule has 0 fully saturated rings. The molecule has 0 spiro atoms. The Hall–Kier alpha value is -4.13. The van der Waals surface area contributed by atoms with E-state index in [1.807, 2.05) is 48.5 Å². The fourth-order valence-corrected chi connectivity index (χ4v) is 3.44. The number of hydrogen-bond donors (Lipinski definition) is 0. The molecule has 0 saturated carbocycles. The van der Waals surface area contributed by atoms with E-state index in [2.05, 4.69) is 30.1 Å². The normalized spacial score (nSPS) is 11.6. The summed E-state index contributed by atoms with van der Waals surface area (Å²) in [6.07, 6.45) is 5.28. The fraction of sp³-hybridized carbons (Fsp3) is 0. The summed E-state index contributed by atoms with van der Waals surface area (Å²) in [6.45, 7) is 0. The summed E-state index contributed by atoms with van der Waals surface area (Å²) in [4.78, 5) is 22.8. The Balaban J connectivity index is 1.70. The summed E-state index contributed by atoms with van der Waals surface area (Å²) in [7, 11) is 0. The Bertz CT molecular complexity index is 1490. The van der Waals surface area contributed by atoms with Crippen LogP contribution >= 0.6 is 0 Å². The predicted molar refractivity (Wildman–Crippen MR) is 106 cm³/mol. The van der Waals surface area contributed by atoms with Gasteiger partial charge in [-0.2, -0.15) is 0 Å². The van der Waals surface area contributed by atoms with Gasteiger partial charge >= 0.3 is 0 Å². The van der Waals surface area contributed by atoms with E-state index in [-0.39, 0.29) is 0 Å². The first-order valence-corrected chi connectivity index (χ1v) is 8.76. The molecule has 4 aromatic heterocycles. The molecule has 6 aromatic rings. The molecule has 0 saturated heterocycles. The molecule has 4 heterocycles. The molecule has 7 heteroatoms. The number of fused-ring (bicyclic) bond motifs is 7. The lowest BCUT2D eigenvalue weighted by atomic mass is 10.1. The van der Waals surface area contributed by atoms with Crippen molar-refractivity contribution < 1.29 is 0 Å². The van der Waals surface area contributed by atoms with E-state index >= 15 is 0 Å². The van der Waals surface area contributed by atoms with Crippen molar-refractivity contribution in [3.05, 3.63) is 67.1 Å². The van der Waals surface area contributed by atoms with Crippen molar-refractivity contribution in [2.24, 2.45) is 0 Å². The Morgan fingerprint density at radius 1 is 0.536 bits per heavy atom. The van der Waals surface area contributed by atoms with E-state index in [9.17, 15) is 0 Å². The average molecular weight is 361 g/mol. The Labute approximate surface area is 158 Å². The first-order valence-electron chi connectivity index (χ1n) is 8.76. The molecule has 0 unspecified atom stereocenters. The van der Waals surface area contributed by atoms with Crippen molar-refractivity contribution in [2.45, 2.75) is 0 Å². The van der Waals surface area contributed by atoms with E-state index < -0.39 is 0 Å². The molecule has 0 aliphatic heterocycles. The van der Waals surface area contributed by atoms with Crippen molar-refractivity contribution in [1.29, 1.82) is 0 Å². The third-order valence-electron chi connectivity index (χ3n) is 4.73. The van der Waals surface area contributed by atoms with Crippen LogP contribution in [-0.4, -0.2) is 35.1 Å². The van der Waals surface area contributed by atoms with Crippen molar-refractivity contribution in [1.82, 2.24) is 35.1 Å². The molecule has 28 heavy (non-hydrogen) atoms. The van der Waals surface area contributed by atoms with E-state index in [4.69, 9.17) is 4.98 Å². The number of pyridine rings is 2. The molecular weight excluding hydrogens is 350 g/mol. The number of hydrogen-bond acceptors (Lipinski definition) is 7. The second-order valence-electron chi connectivity index (χ2n) is 6.38. The highest BCUT2D eigenvalue weighted by atomic mass is 15.2. The van der Waals surface area contributed by atoms with Crippen molar-refractivity contribution >= 4 is 43.7 Å². The van der Waals surface area contributed by atoms with Crippen LogP contribution in [0.2, 0.25) is 0 Å². The lowest BCUT2D eigenvalue weighted by Crippen LogP contribution is -2.00. The standard InChI is InChI=1S/C21H11N7/c1-2-8-15-12(5-1)11-24-20(25-15)21-26-18-13-6-3-9-22-16(13)17-14(7-4-10-23-17)19(18)27-28-21/h1-11H. The van der Waals surface area contributed by atoms with E-state index in [1.165, 1.54) is 0 Å². The maximum absolute atomic E-state index is 4.76. The lowest BCUT2D eigenvalue weighted by Gasteiger charge is -2.07. The number of benzene rings is 2. The van der Waals surface area contributed by atoms with E-state index in [1.54, 1.807) is 18.6 Å². The van der Waals surface area contributed by atoms with Crippen LogP contribution in [0.4, 0.5) is 0 Å². The largest absolute Gasteiger partial charge is 0.254 e. The summed E-state index contributed by atoms with van der Waals surface area (Å²) in [5.41, 5.74) is 3.82. The molecule has 0 radical (unpaired) electrons. The molecule has 0 bridgehead atoms. The highest BCUT2D eigenvalue weighted by molar-refractivity contribution is 6.20. The van der Waals surface area contributed by atoms with Gasteiger partial charge in [0.2, 0.25) is 5.82 Å². The van der Waals surface area contributed by atoms with Crippen molar-refractivity contribution in [3.8, 4) is 11.6 Å². The molecule has 0 amide bonds. The van der Waals surface area contributed by atoms with Gasteiger partial charge < -0.3 is 0 Å². The Morgan fingerprint density at radius 2 is 1.29 bits per heavy atom. The van der Waals surface area contributed by atoms with Gasteiger partial charge in [-0.15, -0.1) is 10.2 Å². The quantitative estimate of drug-likeness (QED) is 0.412. The second kappa shape index (κ2) is 5.68. The summed E-state index contributed by atoms with van der Waals surface area (Å²) in [5, 5.41) is 11.5. The molecule has 2 aromatic carbocycles.